The summed E-state index contributed by atoms with van der Waals surface area (Å²) in [6.07, 6.45) is -1.03. The molecule has 1 atom stereocenters. The number of hydrogen-bond donors (Lipinski definition) is 0. The van der Waals surface area contributed by atoms with Crippen LogP contribution in [0.15, 0.2) is 24.3 Å². The van der Waals surface area contributed by atoms with E-state index in [0.29, 0.717) is 0 Å². The highest BCUT2D eigenvalue weighted by molar-refractivity contribution is 6.19. The Morgan fingerprint density at radius 2 is 2.14 bits per heavy atom. The van der Waals surface area contributed by atoms with Crippen molar-refractivity contribution in [3.63, 3.8) is 0 Å². The van der Waals surface area contributed by atoms with Gasteiger partial charge >= 0.3 is 6.16 Å². The molecule has 1 rings (SSSR count). The average Bonchev–Trinajstić information content (AvgIpc) is 2.07. The summed E-state index contributed by atoms with van der Waals surface area (Å²) in [4.78, 5) is 10.9. The minimum absolute atomic E-state index is 0.185. The van der Waals surface area contributed by atoms with Crippen LogP contribution in [0.25, 0.3) is 0 Å². The summed E-state index contributed by atoms with van der Waals surface area (Å²) in [5.74, 6) is -0.818. The molecule has 0 heterocycles. The van der Waals surface area contributed by atoms with Gasteiger partial charge in [-0.25, -0.2) is 9.18 Å². The molecular weight excluding hydrogens is 211 g/mol. The van der Waals surface area contributed by atoms with Gasteiger partial charge in [0.05, 0.1) is 0 Å². The molecule has 0 aliphatic carbocycles. The summed E-state index contributed by atoms with van der Waals surface area (Å²) in [7, 11) is 0. The van der Waals surface area contributed by atoms with Crippen LogP contribution in [0, 0.1) is 5.82 Å². The van der Waals surface area contributed by atoms with Gasteiger partial charge in [-0.05, 0) is 19.1 Å². The van der Waals surface area contributed by atoms with Gasteiger partial charge in [0.2, 0.25) is 0 Å². The number of carbonyl (C=O) groups excluding carboxylic acids is 1. The normalized spacial score (nSPS) is 11.9. The SMILES string of the molecule is CC(Cl)OC(=O)Oc1ccccc1F. The molecule has 0 spiro atoms. The van der Waals surface area contributed by atoms with Crippen molar-refractivity contribution in [3.05, 3.63) is 30.1 Å². The van der Waals surface area contributed by atoms with Crippen LogP contribution < -0.4 is 4.74 Å². The summed E-state index contributed by atoms with van der Waals surface area (Å²) in [5.41, 5.74) is -0.811. The first-order valence-corrected chi connectivity index (χ1v) is 4.30. The van der Waals surface area contributed by atoms with Crippen LogP contribution in [0.1, 0.15) is 6.92 Å². The number of hydrogen-bond acceptors (Lipinski definition) is 3. The molecule has 0 aliphatic rings. The molecule has 1 unspecified atom stereocenters. The molecule has 1 aromatic rings. The molecule has 0 saturated heterocycles. The zero-order valence-corrected chi connectivity index (χ0v) is 8.12. The molecule has 0 saturated carbocycles. The number of halogens is 2. The lowest BCUT2D eigenvalue weighted by Crippen LogP contribution is -2.14. The van der Waals surface area contributed by atoms with E-state index >= 15 is 0 Å². The van der Waals surface area contributed by atoms with E-state index in [4.69, 9.17) is 11.6 Å². The van der Waals surface area contributed by atoms with Gasteiger partial charge in [-0.15, -0.1) is 0 Å². The van der Waals surface area contributed by atoms with Gasteiger partial charge in [0.15, 0.2) is 17.1 Å². The van der Waals surface area contributed by atoms with Crippen LogP contribution in [0.5, 0.6) is 5.75 Å². The number of rotatable bonds is 2. The molecule has 0 radical (unpaired) electrons. The van der Waals surface area contributed by atoms with Gasteiger partial charge < -0.3 is 9.47 Å². The number of alkyl halides is 1. The van der Waals surface area contributed by atoms with E-state index in [1.165, 1.54) is 31.2 Å². The number of carbonyl (C=O) groups is 1. The fourth-order valence-corrected chi connectivity index (χ4v) is 0.847. The molecule has 14 heavy (non-hydrogen) atoms. The van der Waals surface area contributed by atoms with E-state index in [1.807, 2.05) is 0 Å². The summed E-state index contributed by atoms with van der Waals surface area (Å²) >= 11 is 5.36. The summed E-state index contributed by atoms with van der Waals surface area (Å²) in [6.45, 7) is 1.45. The second-order valence-electron chi connectivity index (χ2n) is 2.44. The van der Waals surface area contributed by atoms with Gasteiger partial charge in [0.1, 0.15) is 0 Å². The van der Waals surface area contributed by atoms with Gasteiger partial charge in [-0.1, -0.05) is 23.7 Å². The van der Waals surface area contributed by atoms with Crippen LogP contribution in [-0.4, -0.2) is 11.7 Å². The predicted molar refractivity (Wildman–Crippen MR) is 48.8 cm³/mol. The third-order valence-electron chi connectivity index (χ3n) is 1.29. The molecule has 0 amide bonds. The van der Waals surface area contributed by atoms with Gasteiger partial charge in [-0.3, -0.25) is 0 Å². The summed E-state index contributed by atoms with van der Waals surface area (Å²) in [6, 6.07) is 5.51. The molecule has 76 valence electrons. The third kappa shape index (κ3) is 3.22. The first-order chi connectivity index (χ1) is 6.59. The van der Waals surface area contributed by atoms with Crippen molar-refractivity contribution in [3.8, 4) is 5.75 Å². The first kappa shape index (κ1) is 10.8. The lowest BCUT2D eigenvalue weighted by atomic mass is 10.3. The van der Waals surface area contributed by atoms with Crippen molar-refractivity contribution in [2.24, 2.45) is 0 Å². The maximum absolute atomic E-state index is 12.9. The Hall–Kier alpha value is -1.29. The number of benzene rings is 1. The van der Waals surface area contributed by atoms with Gasteiger partial charge in [0, 0.05) is 0 Å². The highest BCUT2D eigenvalue weighted by atomic mass is 35.5. The lowest BCUT2D eigenvalue weighted by Gasteiger charge is -2.06. The number of ether oxygens (including phenoxy) is 2. The molecule has 3 nitrogen and oxygen atoms in total. The van der Waals surface area contributed by atoms with Crippen LogP contribution in [0.4, 0.5) is 9.18 Å². The van der Waals surface area contributed by atoms with Crippen molar-refractivity contribution in [2.75, 3.05) is 0 Å². The Morgan fingerprint density at radius 3 is 2.71 bits per heavy atom. The number of para-hydroxylation sites is 1. The fraction of sp³-hybridized carbons (Fsp3) is 0.222. The van der Waals surface area contributed by atoms with E-state index in [1.54, 1.807) is 0 Å². The van der Waals surface area contributed by atoms with Crippen LogP contribution >= 0.6 is 11.6 Å². The van der Waals surface area contributed by atoms with E-state index in [2.05, 4.69) is 9.47 Å². The second-order valence-corrected chi connectivity index (χ2v) is 3.06. The van der Waals surface area contributed by atoms with Crippen LogP contribution in [0.3, 0.4) is 0 Å². The Kier molecular flexibility index (Phi) is 3.71. The summed E-state index contributed by atoms with van der Waals surface area (Å²) in [5, 5.41) is 0. The Bertz CT molecular complexity index is 328. The third-order valence-corrected chi connectivity index (χ3v) is 1.38. The minimum atomic E-state index is -1.03. The highest BCUT2D eigenvalue weighted by Gasteiger charge is 2.11. The molecule has 1 aromatic carbocycles. The largest absolute Gasteiger partial charge is 0.515 e. The molecule has 0 fully saturated rings. The van der Waals surface area contributed by atoms with Crippen molar-refractivity contribution < 1.29 is 18.7 Å². The fourth-order valence-electron chi connectivity index (χ4n) is 0.774. The Balaban J connectivity index is 2.61. The molecule has 0 N–H and O–H groups in total. The van der Waals surface area contributed by atoms with E-state index < -0.39 is 17.5 Å². The zero-order valence-electron chi connectivity index (χ0n) is 7.37. The molecular formula is C9H8ClFO3. The quantitative estimate of drug-likeness (QED) is 0.435. The Labute approximate surface area is 85.4 Å². The van der Waals surface area contributed by atoms with E-state index in [-0.39, 0.29) is 5.75 Å². The lowest BCUT2D eigenvalue weighted by molar-refractivity contribution is 0.0909. The van der Waals surface area contributed by atoms with Crippen LogP contribution in [-0.2, 0) is 4.74 Å². The molecule has 5 heteroatoms. The van der Waals surface area contributed by atoms with Crippen molar-refractivity contribution >= 4 is 17.8 Å². The van der Waals surface area contributed by atoms with E-state index in [9.17, 15) is 9.18 Å². The maximum atomic E-state index is 12.9. The molecule has 0 aliphatic heterocycles. The average molecular weight is 219 g/mol. The van der Waals surface area contributed by atoms with Gasteiger partial charge in [-0.2, -0.15) is 0 Å². The highest BCUT2D eigenvalue weighted by Crippen LogP contribution is 2.16. The second kappa shape index (κ2) is 4.81. The van der Waals surface area contributed by atoms with E-state index in [0.717, 1.165) is 0 Å². The topological polar surface area (TPSA) is 35.5 Å². The maximum Gasteiger partial charge on any atom is 0.515 e. The predicted octanol–water partition coefficient (Wildman–Crippen LogP) is 2.93. The minimum Gasteiger partial charge on any atom is -0.415 e. The smallest absolute Gasteiger partial charge is 0.415 e. The van der Waals surface area contributed by atoms with Crippen molar-refractivity contribution in [1.82, 2.24) is 0 Å². The summed E-state index contributed by atoms with van der Waals surface area (Å²) < 4.78 is 21.9. The monoisotopic (exact) mass is 218 g/mol. The van der Waals surface area contributed by atoms with Gasteiger partial charge in [0.25, 0.3) is 0 Å². The van der Waals surface area contributed by atoms with Crippen LogP contribution in [0.2, 0.25) is 0 Å². The zero-order chi connectivity index (χ0) is 10.6. The Morgan fingerprint density at radius 1 is 1.50 bits per heavy atom. The standard InChI is InChI=1S/C9H8ClFO3/c1-6(10)13-9(12)14-8-5-3-2-4-7(8)11/h2-6H,1H3. The first-order valence-electron chi connectivity index (χ1n) is 3.86. The molecule has 0 aromatic heterocycles. The molecule has 0 bridgehead atoms. The van der Waals surface area contributed by atoms with Crippen molar-refractivity contribution in [1.29, 1.82) is 0 Å². The van der Waals surface area contributed by atoms with Crippen molar-refractivity contribution in [2.45, 2.75) is 12.5 Å².